The number of ketones is 1. The molecular formula is C13H13NO6. The van der Waals surface area contributed by atoms with Crippen molar-refractivity contribution in [3.63, 3.8) is 0 Å². The molecule has 106 valence electrons. The minimum atomic E-state index is -1.25. The second-order valence-corrected chi connectivity index (χ2v) is 5.01. The predicted molar refractivity (Wildman–Crippen MR) is 66.3 cm³/mol. The van der Waals surface area contributed by atoms with E-state index in [9.17, 15) is 20.0 Å². The van der Waals surface area contributed by atoms with E-state index in [2.05, 4.69) is 0 Å². The molecule has 3 rings (SSSR count). The summed E-state index contributed by atoms with van der Waals surface area (Å²) in [4.78, 5) is 22.3. The summed E-state index contributed by atoms with van der Waals surface area (Å²) in [7, 11) is 0. The van der Waals surface area contributed by atoms with Crippen LogP contribution >= 0.6 is 0 Å². The fraction of sp³-hybridized carbons (Fsp3) is 0.462. The zero-order valence-corrected chi connectivity index (χ0v) is 10.5. The van der Waals surface area contributed by atoms with Crippen LogP contribution in [0.25, 0.3) is 0 Å². The van der Waals surface area contributed by atoms with Gasteiger partial charge in [-0.2, -0.15) is 0 Å². The summed E-state index contributed by atoms with van der Waals surface area (Å²) in [6.45, 7) is 0.115. The van der Waals surface area contributed by atoms with Gasteiger partial charge in [0, 0.05) is 17.8 Å². The number of carbonyl (C=O) groups is 1. The highest BCUT2D eigenvalue weighted by Crippen LogP contribution is 2.39. The molecule has 0 saturated heterocycles. The molecule has 1 aliphatic heterocycles. The Bertz CT molecular complexity index is 572. The number of aliphatic hydroxyl groups is 1. The van der Waals surface area contributed by atoms with Crippen LogP contribution in [0.5, 0.6) is 11.5 Å². The number of nitro groups is 1. The van der Waals surface area contributed by atoms with Crippen LogP contribution in [0.15, 0.2) is 18.2 Å². The number of hydrogen-bond acceptors (Lipinski definition) is 6. The molecular weight excluding hydrogens is 266 g/mol. The molecule has 1 saturated carbocycles. The van der Waals surface area contributed by atoms with Crippen molar-refractivity contribution in [2.24, 2.45) is 0 Å². The standard InChI is InChI=1S/C13H13NO6/c15-8-4-9(13(14(17)18)10(16)5-8)7-1-2-11-12(3-7)20-6-19-11/h1-3,9-10,13,16H,4-6H2/t9-,10+,13-/m1/s1. The number of rotatable bonds is 2. The van der Waals surface area contributed by atoms with Crippen LogP contribution in [0, 0.1) is 10.1 Å². The molecule has 7 nitrogen and oxygen atoms in total. The van der Waals surface area contributed by atoms with Crippen molar-refractivity contribution in [3.05, 3.63) is 33.9 Å². The molecule has 1 N–H and O–H groups in total. The second-order valence-electron chi connectivity index (χ2n) is 5.01. The monoisotopic (exact) mass is 279 g/mol. The first-order valence-corrected chi connectivity index (χ1v) is 6.29. The minimum absolute atomic E-state index is 0.0579. The van der Waals surface area contributed by atoms with E-state index in [0.717, 1.165) is 0 Å². The summed E-state index contributed by atoms with van der Waals surface area (Å²) < 4.78 is 10.4. The molecule has 2 aliphatic rings. The van der Waals surface area contributed by atoms with Crippen molar-refractivity contribution < 1.29 is 24.3 Å². The normalized spacial score (nSPS) is 28.4. The highest BCUT2D eigenvalue weighted by molar-refractivity contribution is 5.81. The van der Waals surface area contributed by atoms with Gasteiger partial charge in [0.2, 0.25) is 12.8 Å². The van der Waals surface area contributed by atoms with Crippen LogP contribution in [-0.2, 0) is 4.79 Å². The highest BCUT2D eigenvalue weighted by Gasteiger charge is 2.45. The molecule has 0 aromatic heterocycles. The van der Waals surface area contributed by atoms with E-state index in [1.54, 1.807) is 18.2 Å². The number of carbonyl (C=O) groups excluding carboxylic acids is 1. The predicted octanol–water partition coefficient (Wildman–Crippen LogP) is 0.868. The molecule has 1 aliphatic carbocycles. The van der Waals surface area contributed by atoms with E-state index in [4.69, 9.17) is 9.47 Å². The summed E-state index contributed by atoms with van der Waals surface area (Å²) in [6, 6.07) is 3.82. The first-order valence-electron chi connectivity index (χ1n) is 6.29. The third kappa shape index (κ3) is 2.09. The molecule has 1 aromatic carbocycles. The molecule has 1 fully saturated rings. The van der Waals surface area contributed by atoms with Gasteiger partial charge in [0.05, 0.1) is 5.92 Å². The quantitative estimate of drug-likeness (QED) is 0.637. The van der Waals surface area contributed by atoms with Gasteiger partial charge < -0.3 is 14.6 Å². The first kappa shape index (κ1) is 12.9. The van der Waals surface area contributed by atoms with Gasteiger partial charge in [-0.3, -0.25) is 14.9 Å². The van der Waals surface area contributed by atoms with Gasteiger partial charge in [-0.05, 0) is 17.7 Å². The summed E-state index contributed by atoms with van der Waals surface area (Å²) in [6.07, 6.45) is -1.35. The zero-order chi connectivity index (χ0) is 14.3. The summed E-state index contributed by atoms with van der Waals surface area (Å²) in [5.41, 5.74) is 0.614. The molecule has 0 amide bonds. The van der Waals surface area contributed by atoms with Gasteiger partial charge in [0.1, 0.15) is 11.9 Å². The van der Waals surface area contributed by atoms with Crippen LogP contribution < -0.4 is 9.47 Å². The number of aliphatic hydroxyl groups excluding tert-OH is 1. The third-order valence-electron chi connectivity index (χ3n) is 3.76. The number of fused-ring (bicyclic) bond motifs is 1. The molecule has 20 heavy (non-hydrogen) atoms. The molecule has 1 heterocycles. The topological polar surface area (TPSA) is 98.9 Å². The number of nitrogens with zero attached hydrogens (tertiary/aromatic N) is 1. The number of benzene rings is 1. The summed E-state index contributed by atoms with van der Waals surface area (Å²) in [5, 5.41) is 21.0. The molecule has 0 unspecified atom stereocenters. The Labute approximate surface area is 114 Å². The maximum absolute atomic E-state index is 11.6. The average molecular weight is 279 g/mol. The van der Waals surface area contributed by atoms with Crippen molar-refractivity contribution in [2.75, 3.05) is 6.79 Å². The number of hydrogen-bond donors (Lipinski definition) is 1. The van der Waals surface area contributed by atoms with E-state index in [0.29, 0.717) is 17.1 Å². The molecule has 0 bridgehead atoms. The lowest BCUT2D eigenvalue weighted by molar-refractivity contribution is -0.539. The Balaban J connectivity index is 1.97. The first-order chi connectivity index (χ1) is 9.56. The van der Waals surface area contributed by atoms with Gasteiger partial charge in [-0.1, -0.05) is 6.07 Å². The summed E-state index contributed by atoms with van der Waals surface area (Å²) >= 11 is 0. The number of Topliss-reactive ketones (excluding diaryl/α,β-unsaturated/α-hetero) is 1. The fourth-order valence-electron chi connectivity index (χ4n) is 2.82. The maximum atomic E-state index is 11.6. The minimum Gasteiger partial charge on any atom is -0.454 e. The van der Waals surface area contributed by atoms with E-state index in [1.165, 1.54) is 0 Å². The van der Waals surface area contributed by atoms with Crippen LogP contribution in [0.1, 0.15) is 24.3 Å². The fourth-order valence-corrected chi connectivity index (χ4v) is 2.82. The zero-order valence-electron chi connectivity index (χ0n) is 10.5. The molecule has 3 atom stereocenters. The smallest absolute Gasteiger partial charge is 0.246 e. The van der Waals surface area contributed by atoms with Crippen molar-refractivity contribution in [1.82, 2.24) is 0 Å². The van der Waals surface area contributed by atoms with Gasteiger partial charge in [-0.15, -0.1) is 0 Å². The molecule has 0 radical (unpaired) electrons. The highest BCUT2D eigenvalue weighted by atomic mass is 16.7. The number of ether oxygens (including phenoxy) is 2. The Hall–Kier alpha value is -2.15. The van der Waals surface area contributed by atoms with Crippen molar-refractivity contribution in [2.45, 2.75) is 30.9 Å². The van der Waals surface area contributed by atoms with Gasteiger partial charge in [0.25, 0.3) is 0 Å². The Morgan fingerprint density at radius 2 is 2.00 bits per heavy atom. The van der Waals surface area contributed by atoms with Gasteiger partial charge >= 0.3 is 0 Å². The largest absolute Gasteiger partial charge is 0.454 e. The van der Waals surface area contributed by atoms with Crippen molar-refractivity contribution in [3.8, 4) is 11.5 Å². The molecule has 1 aromatic rings. The second kappa shape index (κ2) is 4.75. The van der Waals surface area contributed by atoms with Crippen molar-refractivity contribution >= 4 is 5.78 Å². The van der Waals surface area contributed by atoms with E-state index < -0.39 is 23.0 Å². The van der Waals surface area contributed by atoms with Gasteiger partial charge in [-0.25, -0.2) is 0 Å². The van der Waals surface area contributed by atoms with Crippen molar-refractivity contribution in [1.29, 1.82) is 0 Å². The SMILES string of the molecule is O=C1C[C@H](c2ccc3c(c2)OCO3)[C@@H]([N+](=O)[O-])[C@@H](O)C1. The molecule has 7 heteroatoms. The third-order valence-corrected chi connectivity index (χ3v) is 3.76. The van der Waals surface area contributed by atoms with Gasteiger partial charge in [0.15, 0.2) is 11.5 Å². The lowest BCUT2D eigenvalue weighted by Gasteiger charge is -2.28. The van der Waals surface area contributed by atoms with Crippen LogP contribution in [-0.4, -0.2) is 34.8 Å². The maximum Gasteiger partial charge on any atom is 0.246 e. The Morgan fingerprint density at radius 3 is 2.75 bits per heavy atom. The van der Waals surface area contributed by atoms with E-state index >= 15 is 0 Å². The molecule has 0 spiro atoms. The van der Waals surface area contributed by atoms with Crippen LogP contribution in [0.3, 0.4) is 0 Å². The average Bonchev–Trinajstić information content (AvgIpc) is 2.84. The van der Waals surface area contributed by atoms with E-state index in [1.807, 2.05) is 0 Å². The van der Waals surface area contributed by atoms with Crippen LogP contribution in [0.4, 0.5) is 0 Å². The Morgan fingerprint density at radius 1 is 1.25 bits per heavy atom. The lowest BCUT2D eigenvalue weighted by atomic mass is 9.78. The lowest BCUT2D eigenvalue weighted by Crippen LogP contribution is -2.45. The summed E-state index contributed by atoms with van der Waals surface area (Å²) in [5.74, 6) is 0.278. The van der Waals surface area contributed by atoms with Crippen LogP contribution in [0.2, 0.25) is 0 Å². The van der Waals surface area contributed by atoms with E-state index in [-0.39, 0.29) is 25.4 Å². The Kier molecular flexibility index (Phi) is 3.06.